The molecule has 3 atom stereocenters. The fraction of sp³-hybridized carbons (Fsp3) is 1.00. The number of hydrogen-bond acceptors (Lipinski definition) is 3. The van der Waals surface area contributed by atoms with E-state index < -0.39 is 0 Å². The summed E-state index contributed by atoms with van der Waals surface area (Å²) >= 11 is 0. The summed E-state index contributed by atoms with van der Waals surface area (Å²) in [7, 11) is 0. The number of nitrogens with two attached hydrogens (primary N) is 2. The molecule has 0 aromatic rings. The van der Waals surface area contributed by atoms with Crippen LogP contribution in [-0.2, 0) is 4.74 Å². The minimum absolute atomic E-state index is 0.0565. The lowest BCUT2D eigenvalue weighted by Crippen LogP contribution is -2.44. The lowest BCUT2D eigenvalue weighted by Gasteiger charge is -2.27. The lowest BCUT2D eigenvalue weighted by molar-refractivity contribution is -0.0428. The third-order valence-corrected chi connectivity index (χ3v) is 2.61. The van der Waals surface area contributed by atoms with Crippen LogP contribution >= 0.6 is 0 Å². The summed E-state index contributed by atoms with van der Waals surface area (Å²) in [5, 5.41) is 0. The van der Waals surface area contributed by atoms with Gasteiger partial charge < -0.3 is 16.2 Å². The third-order valence-electron chi connectivity index (χ3n) is 2.61. The van der Waals surface area contributed by atoms with Gasteiger partial charge in [0.25, 0.3) is 0 Å². The normalized spacial score (nSPS) is 18.7. The highest BCUT2D eigenvalue weighted by atomic mass is 16.5. The van der Waals surface area contributed by atoms with Crippen LogP contribution < -0.4 is 11.5 Å². The first-order valence-corrected chi connectivity index (χ1v) is 5.19. The minimum Gasteiger partial charge on any atom is -0.372 e. The molecule has 0 rings (SSSR count). The van der Waals surface area contributed by atoms with Gasteiger partial charge in [0.2, 0.25) is 0 Å². The second-order valence-corrected chi connectivity index (χ2v) is 3.75. The standard InChI is InChI=1S/C10H24N2O/c1-5-7(3)9(6-2)13-8(4)10(11)12/h7-10H,5-6,11-12H2,1-4H3. The van der Waals surface area contributed by atoms with Crippen molar-refractivity contribution in [3.63, 3.8) is 0 Å². The van der Waals surface area contributed by atoms with Crippen molar-refractivity contribution < 1.29 is 4.74 Å². The highest BCUT2D eigenvalue weighted by Gasteiger charge is 2.19. The lowest BCUT2D eigenvalue weighted by atomic mass is 9.99. The van der Waals surface area contributed by atoms with Gasteiger partial charge in [0.05, 0.1) is 18.4 Å². The molecule has 0 saturated heterocycles. The third kappa shape index (κ3) is 4.60. The Morgan fingerprint density at radius 1 is 1.08 bits per heavy atom. The summed E-state index contributed by atoms with van der Waals surface area (Å²) in [4.78, 5) is 0. The van der Waals surface area contributed by atoms with Crippen molar-refractivity contribution in [2.75, 3.05) is 0 Å². The van der Waals surface area contributed by atoms with Crippen LogP contribution in [0.2, 0.25) is 0 Å². The molecule has 3 heteroatoms. The highest BCUT2D eigenvalue weighted by molar-refractivity contribution is 4.68. The summed E-state index contributed by atoms with van der Waals surface area (Å²) in [6.45, 7) is 8.42. The van der Waals surface area contributed by atoms with Gasteiger partial charge in [0, 0.05) is 0 Å². The Hall–Kier alpha value is -0.120. The average molecular weight is 188 g/mol. The Balaban J connectivity index is 3.97. The molecule has 0 bridgehead atoms. The van der Waals surface area contributed by atoms with E-state index in [0.29, 0.717) is 5.92 Å². The van der Waals surface area contributed by atoms with Crippen molar-refractivity contribution in [1.82, 2.24) is 0 Å². The first-order valence-electron chi connectivity index (χ1n) is 5.19. The topological polar surface area (TPSA) is 61.3 Å². The summed E-state index contributed by atoms with van der Waals surface area (Å²) in [5.41, 5.74) is 11.1. The van der Waals surface area contributed by atoms with Crippen molar-refractivity contribution in [1.29, 1.82) is 0 Å². The second kappa shape index (κ2) is 6.35. The average Bonchev–Trinajstić information content (AvgIpc) is 2.12. The van der Waals surface area contributed by atoms with E-state index in [1.165, 1.54) is 0 Å². The molecule has 0 heterocycles. The van der Waals surface area contributed by atoms with E-state index in [1.54, 1.807) is 0 Å². The molecule has 3 nitrogen and oxygen atoms in total. The van der Waals surface area contributed by atoms with Crippen LogP contribution in [0.1, 0.15) is 40.5 Å². The fourth-order valence-electron chi connectivity index (χ4n) is 1.26. The Bertz CT molecular complexity index is 128. The molecule has 0 aliphatic carbocycles. The van der Waals surface area contributed by atoms with Crippen LogP contribution in [0, 0.1) is 5.92 Å². The molecule has 0 fully saturated rings. The zero-order valence-corrected chi connectivity index (χ0v) is 9.29. The molecular formula is C10H24N2O. The van der Waals surface area contributed by atoms with Crippen LogP contribution in [0.3, 0.4) is 0 Å². The Kier molecular flexibility index (Phi) is 6.29. The quantitative estimate of drug-likeness (QED) is 0.620. The first-order chi connectivity index (χ1) is 6.02. The predicted octanol–water partition coefficient (Wildman–Crippen LogP) is 1.46. The van der Waals surface area contributed by atoms with E-state index in [4.69, 9.17) is 16.2 Å². The van der Waals surface area contributed by atoms with Crippen molar-refractivity contribution in [2.24, 2.45) is 17.4 Å². The van der Waals surface area contributed by atoms with Gasteiger partial charge in [-0.25, -0.2) is 0 Å². The molecule has 13 heavy (non-hydrogen) atoms. The SMILES string of the molecule is CCC(C)C(CC)OC(C)C(N)N. The monoisotopic (exact) mass is 188 g/mol. The van der Waals surface area contributed by atoms with Crippen LogP contribution in [0.5, 0.6) is 0 Å². The van der Waals surface area contributed by atoms with E-state index in [2.05, 4.69) is 20.8 Å². The van der Waals surface area contributed by atoms with E-state index >= 15 is 0 Å². The van der Waals surface area contributed by atoms with Gasteiger partial charge in [-0.05, 0) is 19.3 Å². The van der Waals surface area contributed by atoms with E-state index in [1.807, 2.05) is 6.92 Å². The predicted molar refractivity (Wildman–Crippen MR) is 56.2 cm³/mol. The largest absolute Gasteiger partial charge is 0.372 e. The number of rotatable bonds is 6. The van der Waals surface area contributed by atoms with Gasteiger partial charge in [0.1, 0.15) is 0 Å². The molecular weight excluding hydrogens is 164 g/mol. The van der Waals surface area contributed by atoms with Crippen molar-refractivity contribution in [3.8, 4) is 0 Å². The molecule has 0 saturated carbocycles. The van der Waals surface area contributed by atoms with Crippen molar-refractivity contribution >= 4 is 0 Å². The molecule has 0 spiro atoms. The molecule has 0 aliphatic heterocycles. The highest BCUT2D eigenvalue weighted by Crippen LogP contribution is 2.16. The van der Waals surface area contributed by atoms with Gasteiger partial charge in [0.15, 0.2) is 0 Å². The minimum atomic E-state index is -0.377. The van der Waals surface area contributed by atoms with E-state index in [-0.39, 0.29) is 18.4 Å². The first kappa shape index (κ1) is 12.9. The maximum atomic E-state index is 5.76. The molecule has 0 aromatic carbocycles. The smallest absolute Gasteiger partial charge is 0.0831 e. The fourth-order valence-corrected chi connectivity index (χ4v) is 1.26. The van der Waals surface area contributed by atoms with Crippen LogP contribution in [0.15, 0.2) is 0 Å². The number of hydrogen-bond donors (Lipinski definition) is 2. The van der Waals surface area contributed by atoms with Gasteiger partial charge in [-0.3, -0.25) is 0 Å². The zero-order valence-electron chi connectivity index (χ0n) is 9.29. The van der Waals surface area contributed by atoms with Gasteiger partial charge in [-0.15, -0.1) is 0 Å². The van der Waals surface area contributed by atoms with Gasteiger partial charge in [-0.2, -0.15) is 0 Å². The Morgan fingerprint density at radius 3 is 1.92 bits per heavy atom. The molecule has 4 N–H and O–H groups in total. The van der Waals surface area contributed by atoms with Crippen molar-refractivity contribution in [2.45, 2.75) is 58.9 Å². The summed E-state index contributed by atoms with van der Waals surface area (Å²) in [6, 6.07) is 0. The van der Waals surface area contributed by atoms with Gasteiger partial charge >= 0.3 is 0 Å². The Morgan fingerprint density at radius 2 is 1.62 bits per heavy atom. The van der Waals surface area contributed by atoms with Crippen molar-refractivity contribution in [3.05, 3.63) is 0 Å². The Labute approximate surface area is 81.8 Å². The maximum Gasteiger partial charge on any atom is 0.0831 e. The zero-order chi connectivity index (χ0) is 10.4. The summed E-state index contributed by atoms with van der Waals surface area (Å²) in [5.74, 6) is 0.575. The maximum absolute atomic E-state index is 5.76. The van der Waals surface area contributed by atoms with Crippen LogP contribution in [0.25, 0.3) is 0 Å². The van der Waals surface area contributed by atoms with Crippen LogP contribution in [0.4, 0.5) is 0 Å². The molecule has 0 aromatic heterocycles. The summed E-state index contributed by atoms with van der Waals surface area (Å²) < 4.78 is 5.76. The second-order valence-electron chi connectivity index (χ2n) is 3.75. The molecule has 0 radical (unpaired) electrons. The van der Waals surface area contributed by atoms with Gasteiger partial charge in [-0.1, -0.05) is 27.2 Å². The molecule has 0 aliphatic rings. The van der Waals surface area contributed by atoms with Crippen LogP contribution in [-0.4, -0.2) is 18.4 Å². The molecule has 80 valence electrons. The van der Waals surface area contributed by atoms with E-state index in [9.17, 15) is 0 Å². The molecule has 3 unspecified atom stereocenters. The van der Waals surface area contributed by atoms with E-state index in [0.717, 1.165) is 12.8 Å². The summed E-state index contributed by atoms with van der Waals surface area (Å²) in [6.07, 6.45) is 2.00. The molecule has 0 amide bonds. The number of ether oxygens (including phenoxy) is 1.